The van der Waals surface area contributed by atoms with E-state index in [-0.39, 0.29) is 4.91 Å². The second kappa shape index (κ2) is 2.75. The van der Waals surface area contributed by atoms with Crippen LogP contribution in [0.2, 0.25) is 0 Å². The van der Waals surface area contributed by atoms with Crippen molar-refractivity contribution in [3.63, 3.8) is 0 Å². The predicted molar refractivity (Wildman–Crippen MR) is 41.9 cm³/mol. The highest BCUT2D eigenvalue weighted by molar-refractivity contribution is 8.34. The first kappa shape index (κ1) is 7.80. The Labute approximate surface area is 63.5 Å². The summed E-state index contributed by atoms with van der Waals surface area (Å²) in [4.78, 5) is 31.0. The van der Waals surface area contributed by atoms with Gasteiger partial charge >= 0.3 is 0 Å². The van der Waals surface area contributed by atoms with Gasteiger partial charge in [-0.15, -0.1) is 0 Å². The number of carbonyl (C=O) groups excluding carboxylic acids is 3. The van der Waals surface area contributed by atoms with Gasteiger partial charge in [0.2, 0.25) is 0 Å². The second-order valence-corrected chi connectivity index (χ2v) is 4.35. The van der Waals surface area contributed by atoms with E-state index in [1.165, 1.54) is 5.41 Å². The van der Waals surface area contributed by atoms with Crippen LogP contribution in [0.5, 0.6) is 0 Å². The number of rotatable bonds is 0. The van der Waals surface area contributed by atoms with Gasteiger partial charge in [0.25, 0.3) is 0 Å². The molecule has 0 saturated carbocycles. The van der Waals surface area contributed by atoms with Gasteiger partial charge in [-0.2, -0.15) is 0 Å². The molecule has 3 nitrogen and oxygen atoms in total. The van der Waals surface area contributed by atoms with Crippen molar-refractivity contribution in [1.29, 1.82) is 0 Å². The third-order valence-electron chi connectivity index (χ3n) is 1.37. The molecule has 0 radical (unpaired) electrons. The van der Waals surface area contributed by atoms with Crippen LogP contribution in [0.4, 0.5) is 0 Å². The third-order valence-corrected chi connectivity index (χ3v) is 3.52. The molecule has 0 fully saturated rings. The Bertz CT molecular complexity index is 399. The average Bonchev–Trinajstić information content (AvgIpc) is 2.47. The highest BCUT2D eigenvalue weighted by Crippen LogP contribution is 2.39. The van der Waals surface area contributed by atoms with Gasteiger partial charge in [0.15, 0.2) is 10.5 Å². The van der Waals surface area contributed by atoms with Gasteiger partial charge in [-0.1, -0.05) is 6.08 Å². The summed E-state index contributed by atoms with van der Waals surface area (Å²) in [5.41, 5.74) is 0. The Hall–Kier alpha value is -1.30. The minimum atomic E-state index is -2.43. The van der Waals surface area contributed by atoms with Crippen molar-refractivity contribution in [2.24, 2.45) is 0 Å². The SMILES string of the molecule is O=C=C1CC=CS1(=C=O)=C=O. The van der Waals surface area contributed by atoms with E-state index in [4.69, 9.17) is 0 Å². The summed E-state index contributed by atoms with van der Waals surface area (Å²) in [5, 5.41) is 4.50. The normalized spacial score (nSPS) is 18.7. The first-order valence-electron chi connectivity index (χ1n) is 2.81. The Morgan fingerprint density at radius 3 is 2.27 bits per heavy atom. The van der Waals surface area contributed by atoms with E-state index >= 15 is 0 Å². The Morgan fingerprint density at radius 2 is 1.91 bits per heavy atom. The van der Waals surface area contributed by atoms with Gasteiger partial charge in [0.05, 0.1) is 4.91 Å². The number of hydrogen-bond donors (Lipinski definition) is 0. The van der Waals surface area contributed by atoms with Crippen LogP contribution in [-0.4, -0.2) is 16.4 Å². The topological polar surface area (TPSA) is 51.2 Å². The van der Waals surface area contributed by atoms with Gasteiger partial charge in [-0.05, 0) is 5.41 Å². The van der Waals surface area contributed by atoms with Gasteiger partial charge in [-0.25, -0.2) is 14.4 Å². The van der Waals surface area contributed by atoms with Crippen LogP contribution in [0.3, 0.4) is 0 Å². The minimum absolute atomic E-state index is 0.169. The van der Waals surface area contributed by atoms with Crippen LogP contribution in [0.25, 0.3) is 0 Å². The number of allylic oxidation sites excluding steroid dienone is 2. The standard InChI is InChI=1S/C7H4O3S/c8-4-7-2-1-3-11(7,5-9)6-10/h1,3H,2H2. The molecule has 0 saturated heterocycles. The van der Waals surface area contributed by atoms with E-state index in [1.54, 1.807) is 22.5 Å². The molecule has 0 amide bonds. The molecule has 0 aliphatic carbocycles. The summed E-state index contributed by atoms with van der Waals surface area (Å²) in [7, 11) is -2.43. The lowest BCUT2D eigenvalue weighted by molar-refractivity contribution is 0.566. The fourth-order valence-corrected chi connectivity index (χ4v) is 2.18. The molecule has 0 N–H and O–H groups in total. The Kier molecular flexibility index (Phi) is 1.95. The fraction of sp³-hybridized carbons (Fsp3) is 0.143. The Balaban J connectivity index is 3.74. The highest BCUT2D eigenvalue weighted by atomic mass is 32.2. The zero-order chi connectivity index (χ0) is 8.32. The lowest BCUT2D eigenvalue weighted by Crippen LogP contribution is -1.77. The first-order valence-corrected chi connectivity index (χ1v) is 4.50. The summed E-state index contributed by atoms with van der Waals surface area (Å²) < 4.78 is 0. The third kappa shape index (κ3) is 1.01. The van der Waals surface area contributed by atoms with Crippen LogP contribution in [0.1, 0.15) is 6.42 Å². The molecule has 0 aromatic heterocycles. The molecule has 0 unspecified atom stereocenters. The summed E-state index contributed by atoms with van der Waals surface area (Å²) in [6.07, 6.45) is 1.91. The minimum Gasteiger partial charge on any atom is -0.233 e. The molecule has 0 atom stereocenters. The van der Waals surface area contributed by atoms with Crippen molar-refractivity contribution < 1.29 is 14.4 Å². The molecule has 1 aliphatic rings. The van der Waals surface area contributed by atoms with Crippen LogP contribution in [-0.2, 0) is 14.4 Å². The lowest BCUT2D eigenvalue weighted by atomic mass is 10.4. The smallest absolute Gasteiger partial charge is 0.169 e. The largest absolute Gasteiger partial charge is 0.233 e. The van der Waals surface area contributed by atoms with Crippen molar-refractivity contribution in [3.05, 3.63) is 16.4 Å². The van der Waals surface area contributed by atoms with Gasteiger partial charge in [0.1, 0.15) is 5.94 Å². The maximum absolute atomic E-state index is 10.3. The predicted octanol–water partition coefficient (Wildman–Crippen LogP) is 0.558. The molecular weight excluding hydrogens is 164 g/mol. The van der Waals surface area contributed by atoms with E-state index in [2.05, 4.69) is 0 Å². The lowest BCUT2D eigenvalue weighted by Gasteiger charge is -1.92. The molecule has 1 aliphatic heterocycles. The summed E-state index contributed by atoms with van der Waals surface area (Å²) in [6.45, 7) is 0. The fourth-order valence-electron chi connectivity index (χ4n) is 0.794. The average molecular weight is 168 g/mol. The summed E-state index contributed by atoms with van der Waals surface area (Å²) in [6, 6.07) is 0. The van der Waals surface area contributed by atoms with E-state index in [1.807, 2.05) is 0 Å². The zero-order valence-electron chi connectivity index (χ0n) is 5.49. The van der Waals surface area contributed by atoms with E-state index in [0.717, 1.165) is 0 Å². The molecule has 11 heavy (non-hydrogen) atoms. The van der Waals surface area contributed by atoms with Gasteiger partial charge in [0, 0.05) is 15.6 Å². The van der Waals surface area contributed by atoms with Crippen LogP contribution >= 0.6 is 9.21 Å². The van der Waals surface area contributed by atoms with Crippen LogP contribution < -0.4 is 0 Å². The maximum atomic E-state index is 10.3. The number of hydrogen-bond acceptors (Lipinski definition) is 3. The van der Waals surface area contributed by atoms with Crippen molar-refractivity contribution in [1.82, 2.24) is 0 Å². The monoisotopic (exact) mass is 168 g/mol. The Morgan fingerprint density at radius 1 is 1.27 bits per heavy atom. The molecule has 1 rings (SSSR count). The van der Waals surface area contributed by atoms with Crippen molar-refractivity contribution in [2.45, 2.75) is 6.42 Å². The first-order chi connectivity index (χ1) is 5.29. The molecule has 0 bridgehead atoms. The molecule has 1 heterocycles. The van der Waals surface area contributed by atoms with Crippen LogP contribution in [0.15, 0.2) is 16.4 Å². The van der Waals surface area contributed by atoms with Crippen LogP contribution in [0, 0.1) is 0 Å². The van der Waals surface area contributed by atoms with E-state index in [0.29, 0.717) is 6.42 Å². The van der Waals surface area contributed by atoms with Crippen molar-refractivity contribution in [3.8, 4) is 0 Å². The summed E-state index contributed by atoms with van der Waals surface area (Å²) in [5.74, 6) is 1.57. The molecule has 4 heteroatoms. The van der Waals surface area contributed by atoms with E-state index < -0.39 is 9.21 Å². The maximum Gasteiger partial charge on any atom is 0.169 e. The molecule has 0 aromatic carbocycles. The molecule has 0 aromatic rings. The highest BCUT2D eigenvalue weighted by Gasteiger charge is 2.15. The quantitative estimate of drug-likeness (QED) is 0.392. The molecule has 0 spiro atoms. The van der Waals surface area contributed by atoms with E-state index in [9.17, 15) is 14.4 Å². The van der Waals surface area contributed by atoms with Gasteiger partial charge in [-0.3, -0.25) is 0 Å². The molecular formula is C7H4O3S. The van der Waals surface area contributed by atoms with Crippen molar-refractivity contribution >= 4 is 25.6 Å². The summed E-state index contributed by atoms with van der Waals surface area (Å²) >= 11 is 0. The zero-order valence-corrected chi connectivity index (χ0v) is 6.31. The van der Waals surface area contributed by atoms with Crippen molar-refractivity contribution in [2.75, 3.05) is 0 Å². The van der Waals surface area contributed by atoms with Gasteiger partial charge < -0.3 is 0 Å². The second-order valence-electron chi connectivity index (χ2n) is 1.93. The molecule has 56 valence electrons.